The molecule has 0 saturated heterocycles. The number of aryl methyl sites for hydroxylation is 1. The SMILES string of the molecule is CC(C)C(=O)NC1CCc2cc(N)ccc21. The number of rotatable bonds is 2. The van der Waals surface area contributed by atoms with Gasteiger partial charge in [-0.15, -0.1) is 0 Å². The van der Waals surface area contributed by atoms with Gasteiger partial charge in [-0.25, -0.2) is 0 Å². The van der Waals surface area contributed by atoms with Crippen molar-refractivity contribution in [3.8, 4) is 0 Å². The van der Waals surface area contributed by atoms with Crippen LogP contribution in [0.4, 0.5) is 5.69 Å². The van der Waals surface area contributed by atoms with E-state index >= 15 is 0 Å². The molecule has 0 saturated carbocycles. The first-order chi connectivity index (χ1) is 7.58. The Balaban J connectivity index is 2.15. The molecule has 0 spiro atoms. The van der Waals surface area contributed by atoms with Crippen molar-refractivity contribution < 1.29 is 4.79 Å². The number of nitrogen functional groups attached to an aromatic ring is 1. The fourth-order valence-electron chi connectivity index (χ4n) is 2.13. The average molecular weight is 218 g/mol. The minimum absolute atomic E-state index is 0.0397. The summed E-state index contributed by atoms with van der Waals surface area (Å²) in [6, 6.07) is 6.11. The van der Waals surface area contributed by atoms with E-state index in [4.69, 9.17) is 5.73 Å². The van der Waals surface area contributed by atoms with Gasteiger partial charge in [-0.1, -0.05) is 19.9 Å². The first-order valence-corrected chi connectivity index (χ1v) is 5.76. The summed E-state index contributed by atoms with van der Waals surface area (Å²) in [5.41, 5.74) is 9.04. The number of hydrogen-bond acceptors (Lipinski definition) is 2. The summed E-state index contributed by atoms with van der Waals surface area (Å²) in [6.45, 7) is 3.82. The molecule has 0 radical (unpaired) electrons. The number of amides is 1. The van der Waals surface area contributed by atoms with Gasteiger partial charge in [0.1, 0.15) is 0 Å². The molecular formula is C13H18N2O. The van der Waals surface area contributed by atoms with E-state index in [0.717, 1.165) is 18.5 Å². The normalized spacial score (nSPS) is 18.6. The van der Waals surface area contributed by atoms with Gasteiger partial charge in [-0.2, -0.15) is 0 Å². The number of anilines is 1. The van der Waals surface area contributed by atoms with Crippen molar-refractivity contribution >= 4 is 11.6 Å². The van der Waals surface area contributed by atoms with E-state index in [0.29, 0.717) is 0 Å². The van der Waals surface area contributed by atoms with Crippen LogP contribution in [0.2, 0.25) is 0 Å². The second kappa shape index (κ2) is 4.16. The molecule has 1 aromatic carbocycles. The summed E-state index contributed by atoms with van der Waals surface area (Å²) in [5.74, 6) is 0.160. The molecule has 1 amide bonds. The Hall–Kier alpha value is -1.51. The molecule has 0 fully saturated rings. The van der Waals surface area contributed by atoms with Crippen molar-refractivity contribution in [2.45, 2.75) is 32.7 Å². The van der Waals surface area contributed by atoms with Crippen LogP contribution in [0.3, 0.4) is 0 Å². The van der Waals surface area contributed by atoms with Crippen molar-refractivity contribution in [2.24, 2.45) is 5.92 Å². The van der Waals surface area contributed by atoms with Crippen molar-refractivity contribution in [1.29, 1.82) is 0 Å². The Morgan fingerprint density at radius 1 is 1.50 bits per heavy atom. The summed E-state index contributed by atoms with van der Waals surface area (Å²) in [7, 11) is 0. The smallest absolute Gasteiger partial charge is 0.223 e. The van der Waals surface area contributed by atoms with Crippen LogP contribution in [0.15, 0.2) is 18.2 Å². The first-order valence-electron chi connectivity index (χ1n) is 5.76. The highest BCUT2D eigenvalue weighted by Crippen LogP contribution is 2.32. The molecular weight excluding hydrogens is 200 g/mol. The second-order valence-electron chi connectivity index (χ2n) is 4.71. The summed E-state index contributed by atoms with van der Waals surface area (Å²) >= 11 is 0. The van der Waals surface area contributed by atoms with E-state index in [-0.39, 0.29) is 17.9 Å². The summed E-state index contributed by atoms with van der Waals surface area (Å²) in [5, 5.41) is 3.07. The van der Waals surface area contributed by atoms with Gasteiger partial charge in [0.2, 0.25) is 5.91 Å². The lowest BCUT2D eigenvalue weighted by Crippen LogP contribution is -2.30. The lowest BCUT2D eigenvalue weighted by Gasteiger charge is -2.15. The van der Waals surface area contributed by atoms with Gasteiger partial charge in [0.25, 0.3) is 0 Å². The number of nitrogens with one attached hydrogen (secondary N) is 1. The molecule has 0 heterocycles. The minimum atomic E-state index is 0.0397. The zero-order valence-corrected chi connectivity index (χ0v) is 9.79. The van der Waals surface area contributed by atoms with E-state index in [9.17, 15) is 4.79 Å². The number of benzene rings is 1. The van der Waals surface area contributed by atoms with Crippen LogP contribution in [0.1, 0.15) is 37.4 Å². The van der Waals surface area contributed by atoms with E-state index in [1.54, 1.807) is 0 Å². The van der Waals surface area contributed by atoms with Gasteiger partial charge in [-0.3, -0.25) is 4.79 Å². The molecule has 1 unspecified atom stereocenters. The predicted octanol–water partition coefficient (Wildman–Crippen LogP) is 2.03. The minimum Gasteiger partial charge on any atom is -0.399 e. The van der Waals surface area contributed by atoms with Crippen molar-refractivity contribution in [1.82, 2.24) is 5.32 Å². The lowest BCUT2D eigenvalue weighted by atomic mass is 10.1. The molecule has 3 N–H and O–H groups in total. The van der Waals surface area contributed by atoms with Crippen molar-refractivity contribution in [3.05, 3.63) is 29.3 Å². The zero-order chi connectivity index (χ0) is 11.7. The number of fused-ring (bicyclic) bond motifs is 1. The monoisotopic (exact) mass is 218 g/mol. The molecule has 0 aliphatic heterocycles. The van der Waals surface area contributed by atoms with Gasteiger partial charge in [-0.05, 0) is 36.1 Å². The van der Waals surface area contributed by atoms with E-state index in [1.807, 2.05) is 32.0 Å². The van der Waals surface area contributed by atoms with Crippen LogP contribution in [0.25, 0.3) is 0 Å². The standard InChI is InChI=1S/C13H18N2O/c1-8(2)13(16)15-12-6-3-9-7-10(14)4-5-11(9)12/h4-5,7-8,12H,3,6,14H2,1-2H3,(H,15,16). The Morgan fingerprint density at radius 2 is 2.25 bits per heavy atom. The van der Waals surface area contributed by atoms with Gasteiger partial charge in [0.15, 0.2) is 0 Å². The lowest BCUT2D eigenvalue weighted by molar-refractivity contribution is -0.124. The third-order valence-electron chi connectivity index (χ3n) is 3.09. The molecule has 86 valence electrons. The van der Waals surface area contributed by atoms with Crippen LogP contribution in [-0.4, -0.2) is 5.91 Å². The maximum Gasteiger partial charge on any atom is 0.223 e. The number of hydrogen-bond donors (Lipinski definition) is 2. The quantitative estimate of drug-likeness (QED) is 0.746. The van der Waals surface area contributed by atoms with Crippen molar-refractivity contribution in [2.75, 3.05) is 5.73 Å². The number of nitrogens with two attached hydrogens (primary N) is 1. The Bertz CT molecular complexity index is 412. The highest BCUT2D eigenvalue weighted by Gasteiger charge is 2.24. The molecule has 16 heavy (non-hydrogen) atoms. The predicted molar refractivity (Wildman–Crippen MR) is 64.9 cm³/mol. The summed E-state index contributed by atoms with van der Waals surface area (Å²) in [4.78, 5) is 11.6. The van der Waals surface area contributed by atoms with Crippen LogP contribution >= 0.6 is 0 Å². The zero-order valence-electron chi connectivity index (χ0n) is 9.79. The van der Waals surface area contributed by atoms with E-state index < -0.39 is 0 Å². The van der Waals surface area contributed by atoms with Crippen LogP contribution < -0.4 is 11.1 Å². The molecule has 1 aromatic rings. The molecule has 1 aliphatic carbocycles. The molecule has 0 aromatic heterocycles. The highest BCUT2D eigenvalue weighted by atomic mass is 16.1. The maximum atomic E-state index is 11.6. The van der Waals surface area contributed by atoms with Crippen LogP contribution in [0.5, 0.6) is 0 Å². The molecule has 1 aliphatic rings. The largest absolute Gasteiger partial charge is 0.399 e. The average Bonchev–Trinajstić information content (AvgIpc) is 2.60. The second-order valence-corrected chi connectivity index (χ2v) is 4.71. The Labute approximate surface area is 96.0 Å². The van der Waals surface area contributed by atoms with E-state index in [2.05, 4.69) is 5.32 Å². The van der Waals surface area contributed by atoms with E-state index in [1.165, 1.54) is 11.1 Å². The Morgan fingerprint density at radius 3 is 2.94 bits per heavy atom. The maximum absolute atomic E-state index is 11.6. The van der Waals surface area contributed by atoms with Gasteiger partial charge in [0.05, 0.1) is 6.04 Å². The van der Waals surface area contributed by atoms with Crippen LogP contribution in [0, 0.1) is 5.92 Å². The molecule has 3 nitrogen and oxygen atoms in total. The molecule has 3 heteroatoms. The fraction of sp³-hybridized carbons (Fsp3) is 0.462. The topological polar surface area (TPSA) is 55.1 Å². The van der Waals surface area contributed by atoms with Crippen molar-refractivity contribution in [3.63, 3.8) is 0 Å². The third-order valence-corrected chi connectivity index (χ3v) is 3.09. The van der Waals surface area contributed by atoms with Gasteiger partial charge in [0, 0.05) is 11.6 Å². The molecule has 1 atom stereocenters. The Kier molecular flexibility index (Phi) is 2.86. The first kappa shape index (κ1) is 11.0. The third kappa shape index (κ3) is 2.03. The van der Waals surface area contributed by atoms with Gasteiger partial charge < -0.3 is 11.1 Å². The molecule has 2 rings (SSSR count). The highest BCUT2D eigenvalue weighted by molar-refractivity contribution is 5.78. The summed E-state index contributed by atoms with van der Waals surface area (Å²) in [6.07, 6.45) is 1.99. The van der Waals surface area contributed by atoms with Crippen LogP contribution in [-0.2, 0) is 11.2 Å². The fourth-order valence-corrected chi connectivity index (χ4v) is 2.13. The van der Waals surface area contributed by atoms with Gasteiger partial charge >= 0.3 is 0 Å². The number of carbonyl (C=O) groups is 1. The summed E-state index contributed by atoms with van der Waals surface area (Å²) < 4.78 is 0. The molecule has 0 bridgehead atoms. The number of carbonyl (C=O) groups excluding carboxylic acids is 1.